The highest BCUT2D eigenvalue weighted by Gasteiger charge is 2.09. The molecule has 0 spiro atoms. The van der Waals surface area contributed by atoms with Crippen molar-refractivity contribution in [3.05, 3.63) is 36.2 Å². The van der Waals surface area contributed by atoms with E-state index in [1.165, 1.54) is 6.20 Å². The van der Waals surface area contributed by atoms with E-state index in [0.29, 0.717) is 12.2 Å². The molecule has 0 saturated carbocycles. The molecule has 2 N–H and O–H groups in total. The largest absolute Gasteiger partial charge is 0.349 e. The lowest BCUT2D eigenvalue weighted by Crippen LogP contribution is -2.39. The zero-order valence-corrected chi connectivity index (χ0v) is 11.2. The van der Waals surface area contributed by atoms with Crippen LogP contribution in [0, 0.1) is 0 Å². The average Bonchev–Trinajstić information content (AvgIpc) is 2.44. The highest BCUT2D eigenvalue weighted by atomic mass is 16.1. The van der Waals surface area contributed by atoms with Gasteiger partial charge in [0, 0.05) is 12.6 Å². The number of nitrogens with one attached hydrogen (secondary N) is 2. The molecule has 1 amide bonds. The Morgan fingerprint density at radius 1 is 1.32 bits per heavy atom. The second kappa shape index (κ2) is 6.24. The van der Waals surface area contributed by atoms with Crippen molar-refractivity contribution in [3.63, 3.8) is 0 Å². The van der Waals surface area contributed by atoms with E-state index in [2.05, 4.69) is 20.6 Å². The van der Waals surface area contributed by atoms with Gasteiger partial charge in [-0.15, -0.1) is 0 Å². The maximum atomic E-state index is 12.0. The summed E-state index contributed by atoms with van der Waals surface area (Å²) in [6.07, 6.45) is 1.51. The van der Waals surface area contributed by atoms with Gasteiger partial charge in [0.05, 0.1) is 17.2 Å². The molecule has 5 heteroatoms. The van der Waals surface area contributed by atoms with Crippen molar-refractivity contribution >= 4 is 16.9 Å². The van der Waals surface area contributed by atoms with Crippen LogP contribution in [0.15, 0.2) is 30.5 Å². The summed E-state index contributed by atoms with van der Waals surface area (Å²) in [5, 5.41) is 6.08. The maximum absolute atomic E-state index is 12.0. The Morgan fingerprint density at radius 3 is 2.79 bits per heavy atom. The van der Waals surface area contributed by atoms with Gasteiger partial charge in [0.1, 0.15) is 5.69 Å². The number of hydrogen-bond acceptors (Lipinski definition) is 4. The standard InChI is InChI=1S/C14H18N4O/c1-3-15-10(2)8-17-14(19)13-9-16-11-6-4-5-7-12(11)18-13/h4-7,9-10,15H,3,8H2,1-2H3,(H,17,19)/t10-/m1/s1. The summed E-state index contributed by atoms with van der Waals surface area (Å²) in [6.45, 7) is 5.51. The minimum absolute atomic E-state index is 0.192. The number of fused-ring (bicyclic) bond motifs is 1. The molecule has 5 nitrogen and oxygen atoms in total. The summed E-state index contributed by atoms with van der Waals surface area (Å²) < 4.78 is 0. The molecule has 0 fully saturated rings. The van der Waals surface area contributed by atoms with Gasteiger partial charge in [-0.2, -0.15) is 0 Å². The fourth-order valence-electron chi connectivity index (χ4n) is 1.82. The molecule has 0 saturated heterocycles. The number of carbonyl (C=O) groups excluding carboxylic acids is 1. The van der Waals surface area contributed by atoms with Crippen molar-refractivity contribution in [1.29, 1.82) is 0 Å². The summed E-state index contributed by atoms with van der Waals surface area (Å²) in [4.78, 5) is 20.5. The van der Waals surface area contributed by atoms with Gasteiger partial charge in [0.15, 0.2) is 0 Å². The molecule has 1 aromatic heterocycles. The fraction of sp³-hybridized carbons (Fsp3) is 0.357. The first-order valence-corrected chi connectivity index (χ1v) is 6.44. The van der Waals surface area contributed by atoms with Crippen molar-refractivity contribution in [2.24, 2.45) is 0 Å². The molecule has 100 valence electrons. The van der Waals surface area contributed by atoms with Crippen LogP contribution >= 0.6 is 0 Å². The zero-order valence-electron chi connectivity index (χ0n) is 11.2. The average molecular weight is 258 g/mol. The molecular formula is C14H18N4O. The number of amides is 1. The van der Waals surface area contributed by atoms with Gasteiger partial charge < -0.3 is 10.6 Å². The van der Waals surface area contributed by atoms with Gasteiger partial charge in [-0.3, -0.25) is 9.78 Å². The SMILES string of the molecule is CCN[C@H](C)CNC(=O)c1cnc2ccccc2n1. The minimum Gasteiger partial charge on any atom is -0.349 e. The Hall–Kier alpha value is -2.01. The van der Waals surface area contributed by atoms with Crippen molar-refractivity contribution < 1.29 is 4.79 Å². The minimum atomic E-state index is -0.192. The molecule has 0 aliphatic rings. The Balaban J connectivity index is 2.05. The number of benzene rings is 1. The molecule has 0 unspecified atom stereocenters. The topological polar surface area (TPSA) is 66.9 Å². The van der Waals surface area contributed by atoms with Crippen molar-refractivity contribution in [2.75, 3.05) is 13.1 Å². The summed E-state index contributed by atoms with van der Waals surface area (Å²) in [7, 11) is 0. The van der Waals surface area contributed by atoms with E-state index >= 15 is 0 Å². The Labute approximate surface area is 112 Å². The molecule has 0 aliphatic heterocycles. The Bertz CT molecular complexity index is 570. The summed E-state index contributed by atoms with van der Waals surface area (Å²) in [5.74, 6) is -0.192. The lowest BCUT2D eigenvalue weighted by molar-refractivity contribution is 0.0945. The zero-order chi connectivity index (χ0) is 13.7. The van der Waals surface area contributed by atoms with Gasteiger partial charge >= 0.3 is 0 Å². The molecule has 0 bridgehead atoms. The maximum Gasteiger partial charge on any atom is 0.271 e. The van der Waals surface area contributed by atoms with Gasteiger partial charge in [0.25, 0.3) is 5.91 Å². The van der Waals surface area contributed by atoms with Crippen LogP contribution < -0.4 is 10.6 Å². The summed E-state index contributed by atoms with van der Waals surface area (Å²) in [5.41, 5.74) is 1.87. The third-order valence-corrected chi connectivity index (χ3v) is 2.80. The smallest absolute Gasteiger partial charge is 0.271 e. The predicted molar refractivity (Wildman–Crippen MR) is 75.0 cm³/mol. The van der Waals surface area contributed by atoms with Gasteiger partial charge in [-0.05, 0) is 25.6 Å². The quantitative estimate of drug-likeness (QED) is 0.849. The number of likely N-dealkylation sites (N-methyl/N-ethyl adjacent to an activating group) is 1. The Kier molecular flexibility index (Phi) is 4.41. The van der Waals surface area contributed by atoms with Crippen LogP contribution in [0.1, 0.15) is 24.3 Å². The first-order valence-electron chi connectivity index (χ1n) is 6.44. The molecule has 1 atom stereocenters. The number of nitrogens with zero attached hydrogens (tertiary/aromatic N) is 2. The second-order valence-electron chi connectivity index (χ2n) is 4.41. The van der Waals surface area contributed by atoms with E-state index in [-0.39, 0.29) is 11.9 Å². The van der Waals surface area contributed by atoms with Crippen LogP contribution in [-0.2, 0) is 0 Å². The van der Waals surface area contributed by atoms with Crippen LogP contribution in [0.25, 0.3) is 11.0 Å². The number of para-hydroxylation sites is 2. The highest BCUT2D eigenvalue weighted by molar-refractivity contribution is 5.93. The van der Waals surface area contributed by atoms with E-state index in [9.17, 15) is 4.79 Å². The third-order valence-electron chi connectivity index (χ3n) is 2.80. The van der Waals surface area contributed by atoms with Crippen molar-refractivity contribution in [2.45, 2.75) is 19.9 Å². The van der Waals surface area contributed by atoms with E-state index in [1.54, 1.807) is 0 Å². The van der Waals surface area contributed by atoms with Crippen LogP contribution in [0.2, 0.25) is 0 Å². The fourth-order valence-corrected chi connectivity index (χ4v) is 1.82. The highest BCUT2D eigenvalue weighted by Crippen LogP contribution is 2.08. The summed E-state index contributed by atoms with van der Waals surface area (Å²) in [6, 6.07) is 7.74. The van der Waals surface area contributed by atoms with Crippen LogP contribution in [0.4, 0.5) is 0 Å². The summed E-state index contributed by atoms with van der Waals surface area (Å²) >= 11 is 0. The molecule has 2 aromatic rings. The van der Waals surface area contributed by atoms with Gasteiger partial charge in [0.2, 0.25) is 0 Å². The van der Waals surface area contributed by atoms with E-state index in [4.69, 9.17) is 0 Å². The van der Waals surface area contributed by atoms with E-state index < -0.39 is 0 Å². The lowest BCUT2D eigenvalue weighted by atomic mass is 10.3. The third kappa shape index (κ3) is 3.48. The van der Waals surface area contributed by atoms with Crippen LogP contribution in [0.5, 0.6) is 0 Å². The monoisotopic (exact) mass is 258 g/mol. The molecular weight excluding hydrogens is 240 g/mol. The molecule has 2 rings (SSSR count). The predicted octanol–water partition coefficient (Wildman–Crippen LogP) is 1.36. The molecule has 0 radical (unpaired) electrons. The van der Waals surface area contributed by atoms with E-state index in [1.807, 2.05) is 38.1 Å². The molecule has 1 heterocycles. The molecule has 0 aliphatic carbocycles. The number of rotatable bonds is 5. The lowest BCUT2D eigenvalue weighted by Gasteiger charge is -2.12. The van der Waals surface area contributed by atoms with Crippen molar-refractivity contribution in [1.82, 2.24) is 20.6 Å². The first-order chi connectivity index (χ1) is 9.20. The second-order valence-corrected chi connectivity index (χ2v) is 4.41. The normalized spacial score (nSPS) is 12.3. The molecule has 19 heavy (non-hydrogen) atoms. The van der Waals surface area contributed by atoms with Gasteiger partial charge in [-0.1, -0.05) is 19.1 Å². The van der Waals surface area contributed by atoms with Crippen molar-refractivity contribution in [3.8, 4) is 0 Å². The van der Waals surface area contributed by atoms with Crippen LogP contribution in [0.3, 0.4) is 0 Å². The van der Waals surface area contributed by atoms with Crippen LogP contribution in [-0.4, -0.2) is 35.0 Å². The van der Waals surface area contributed by atoms with Gasteiger partial charge in [-0.25, -0.2) is 4.98 Å². The first kappa shape index (κ1) is 13.4. The number of hydrogen-bond donors (Lipinski definition) is 2. The number of carbonyl (C=O) groups is 1. The Morgan fingerprint density at radius 2 is 2.05 bits per heavy atom. The van der Waals surface area contributed by atoms with E-state index in [0.717, 1.165) is 17.6 Å². The molecule has 1 aromatic carbocycles. The number of aromatic nitrogens is 2.